The zero-order chi connectivity index (χ0) is 15.4. The van der Waals surface area contributed by atoms with Crippen LogP contribution in [-0.2, 0) is 4.79 Å². The Morgan fingerprint density at radius 3 is 2.71 bits per heavy atom. The lowest BCUT2D eigenvalue weighted by Crippen LogP contribution is -2.30. The van der Waals surface area contributed by atoms with Crippen molar-refractivity contribution in [2.24, 2.45) is 0 Å². The predicted octanol–water partition coefficient (Wildman–Crippen LogP) is 4.42. The second kappa shape index (κ2) is 7.20. The van der Waals surface area contributed by atoms with E-state index >= 15 is 0 Å². The molecule has 0 fully saturated rings. The van der Waals surface area contributed by atoms with E-state index in [-0.39, 0.29) is 11.9 Å². The van der Waals surface area contributed by atoms with Crippen molar-refractivity contribution < 1.29 is 4.79 Å². The van der Waals surface area contributed by atoms with Crippen LogP contribution in [-0.4, -0.2) is 12.5 Å². The molecule has 0 aliphatic rings. The molecule has 2 N–H and O–H groups in total. The number of carbonyl (C=O) groups excluding carboxylic acids is 1. The zero-order valence-electron chi connectivity index (χ0n) is 12.4. The van der Waals surface area contributed by atoms with Crippen LogP contribution < -0.4 is 10.6 Å². The average Bonchev–Trinajstić information content (AvgIpc) is 2.75. The van der Waals surface area contributed by atoms with E-state index < -0.39 is 0 Å². The van der Waals surface area contributed by atoms with Crippen LogP contribution in [0.1, 0.15) is 28.3 Å². The van der Waals surface area contributed by atoms with E-state index in [1.54, 1.807) is 11.3 Å². The second-order valence-corrected chi connectivity index (χ2v) is 7.41. The number of hydrogen-bond acceptors (Lipinski definition) is 3. The maximum absolute atomic E-state index is 12.0. The van der Waals surface area contributed by atoms with Crippen LogP contribution >= 0.6 is 27.3 Å². The lowest BCUT2D eigenvalue weighted by Gasteiger charge is -2.14. The number of amides is 1. The highest BCUT2D eigenvalue weighted by atomic mass is 79.9. The van der Waals surface area contributed by atoms with Gasteiger partial charge in [-0.3, -0.25) is 4.79 Å². The lowest BCUT2D eigenvalue weighted by atomic mass is 10.1. The highest BCUT2D eigenvalue weighted by molar-refractivity contribution is 9.10. The number of nitrogens with one attached hydrogen (secondary N) is 2. The fourth-order valence-corrected chi connectivity index (χ4v) is 3.63. The molecule has 1 unspecified atom stereocenters. The summed E-state index contributed by atoms with van der Waals surface area (Å²) in [7, 11) is 0. The molecule has 0 saturated heterocycles. The molecule has 3 nitrogen and oxygen atoms in total. The van der Waals surface area contributed by atoms with Crippen molar-refractivity contribution in [2.75, 3.05) is 11.9 Å². The number of aryl methyl sites for hydroxylation is 2. The number of hydrogen-bond donors (Lipinski definition) is 2. The van der Waals surface area contributed by atoms with Gasteiger partial charge >= 0.3 is 0 Å². The van der Waals surface area contributed by atoms with Gasteiger partial charge in [0, 0.05) is 26.0 Å². The van der Waals surface area contributed by atoms with Gasteiger partial charge in [-0.05, 0) is 50.6 Å². The van der Waals surface area contributed by atoms with Crippen LogP contribution in [0.2, 0.25) is 0 Å². The minimum absolute atomic E-state index is 0.0374. The standard InChI is InChI=1S/C16H19BrN2OS/c1-10-7-15(12(3)21-10)11(2)18-9-16(20)19-14-6-4-5-13(17)8-14/h4-8,11,18H,9H2,1-3H3,(H,19,20). The molecule has 2 aromatic rings. The molecule has 0 bridgehead atoms. The van der Waals surface area contributed by atoms with Gasteiger partial charge < -0.3 is 10.6 Å². The summed E-state index contributed by atoms with van der Waals surface area (Å²) in [4.78, 5) is 14.6. The summed E-state index contributed by atoms with van der Waals surface area (Å²) >= 11 is 5.18. The minimum atomic E-state index is -0.0374. The number of carbonyl (C=O) groups is 1. The quantitative estimate of drug-likeness (QED) is 0.822. The van der Waals surface area contributed by atoms with Crippen molar-refractivity contribution in [3.05, 3.63) is 50.1 Å². The van der Waals surface area contributed by atoms with Crippen molar-refractivity contribution in [2.45, 2.75) is 26.8 Å². The third kappa shape index (κ3) is 4.66. The van der Waals surface area contributed by atoms with Crippen molar-refractivity contribution in [1.82, 2.24) is 5.32 Å². The number of rotatable bonds is 5. The molecule has 0 aliphatic carbocycles. The summed E-state index contributed by atoms with van der Waals surface area (Å²) < 4.78 is 0.950. The van der Waals surface area contributed by atoms with Gasteiger partial charge in [-0.25, -0.2) is 0 Å². The fourth-order valence-electron chi connectivity index (χ4n) is 2.21. The van der Waals surface area contributed by atoms with E-state index in [0.29, 0.717) is 6.54 Å². The smallest absolute Gasteiger partial charge is 0.238 e. The number of benzene rings is 1. The first-order valence-electron chi connectivity index (χ1n) is 6.81. The Balaban J connectivity index is 1.88. The molecule has 2 rings (SSSR count). The van der Waals surface area contributed by atoms with Gasteiger partial charge in [0.1, 0.15) is 0 Å². The Bertz CT molecular complexity index is 639. The molecular weight excluding hydrogens is 348 g/mol. The summed E-state index contributed by atoms with van der Waals surface area (Å²) in [6.07, 6.45) is 0. The van der Waals surface area contributed by atoms with E-state index in [1.165, 1.54) is 15.3 Å². The number of anilines is 1. The largest absolute Gasteiger partial charge is 0.325 e. The molecule has 1 amide bonds. The highest BCUT2D eigenvalue weighted by Gasteiger charge is 2.12. The van der Waals surface area contributed by atoms with Gasteiger partial charge in [0.2, 0.25) is 5.91 Å². The van der Waals surface area contributed by atoms with Gasteiger partial charge in [0.25, 0.3) is 0 Å². The molecule has 0 saturated carbocycles. The summed E-state index contributed by atoms with van der Waals surface area (Å²) in [5.74, 6) is -0.0374. The van der Waals surface area contributed by atoms with Gasteiger partial charge in [0.15, 0.2) is 0 Å². The molecule has 112 valence electrons. The normalized spacial score (nSPS) is 12.2. The van der Waals surface area contributed by atoms with E-state index in [9.17, 15) is 4.79 Å². The molecule has 1 atom stereocenters. The van der Waals surface area contributed by atoms with E-state index in [2.05, 4.69) is 53.4 Å². The second-order valence-electron chi connectivity index (χ2n) is 5.03. The third-order valence-electron chi connectivity index (χ3n) is 3.22. The molecule has 21 heavy (non-hydrogen) atoms. The van der Waals surface area contributed by atoms with E-state index in [4.69, 9.17) is 0 Å². The molecule has 0 spiro atoms. The first-order chi connectivity index (χ1) is 9.95. The first-order valence-corrected chi connectivity index (χ1v) is 8.42. The molecule has 1 heterocycles. The van der Waals surface area contributed by atoms with Crippen LogP contribution in [0.5, 0.6) is 0 Å². The van der Waals surface area contributed by atoms with Crippen LogP contribution in [0.15, 0.2) is 34.8 Å². The third-order valence-corrected chi connectivity index (χ3v) is 4.70. The monoisotopic (exact) mass is 366 g/mol. The maximum atomic E-state index is 12.0. The van der Waals surface area contributed by atoms with Gasteiger partial charge in [-0.15, -0.1) is 11.3 Å². The minimum Gasteiger partial charge on any atom is -0.325 e. The average molecular weight is 367 g/mol. The number of halogens is 1. The predicted molar refractivity (Wildman–Crippen MR) is 93.0 cm³/mol. The Kier molecular flexibility index (Phi) is 5.56. The summed E-state index contributed by atoms with van der Waals surface area (Å²) in [6.45, 7) is 6.60. The summed E-state index contributed by atoms with van der Waals surface area (Å²) in [5, 5.41) is 6.15. The van der Waals surface area contributed by atoms with Crippen molar-refractivity contribution in [3.8, 4) is 0 Å². The van der Waals surface area contributed by atoms with Crippen molar-refractivity contribution >= 4 is 38.9 Å². The summed E-state index contributed by atoms with van der Waals surface area (Å²) in [5.41, 5.74) is 2.07. The van der Waals surface area contributed by atoms with Crippen molar-refractivity contribution in [3.63, 3.8) is 0 Å². The lowest BCUT2D eigenvalue weighted by molar-refractivity contribution is -0.115. The van der Waals surface area contributed by atoms with Gasteiger partial charge in [0.05, 0.1) is 6.54 Å². The first kappa shape index (κ1) is 16.2. The van der Waals surface area contributed by atoms with Crippen LogP contribution in [0, 0.1) is 13.8 Å². The molecule has 0 aliphatic heterocycles. The SMILES string of the molecule is Cc1cc(C(C)NCC(=O)Nc2cccc(Br)c2)c(C)s1. The Labute approximate surface area is 137 Å². The van der Waals surface area contributed by atoms with E-state index in [0.717, 1.165) is 10.2 Å². The highest BCUT2D eigenvalue weighted by Crippen LogP contribution is 2.25. The Hall–Kier alpha value is -1.17. The van der Waals surface area contributed by atoms with Gasteiger partial charge in [-0.1, -0.05) is 22.0 Å². The Morgan fingerprint density at radius 2 is 2.10 bits per heavy atom. The van der Waals surface area contributed by atoms with Gasteiger partial charge in [-0.2, -0.15) is 0 Å². The zero-order valence-corrected chi connectivity index (χ0v) is 14.8. The fraction of sp³-hybridized carbons (Fsp3) is 0.312. The van der Waals surface area contributed by atoms with Crippen LogP contribution in [0.25, 0.3) is 0 Å². The summed E-state index contributed by atoms with van der Waals surface area (Å²) in [6, 6.07) is 9.93. The van der Waals surface area contributed by atoms with Crippen LogP contribution in [0.3, 0.4) is 0 Å². The molecule has 1 aromatic heterocycles. The maximum Gasteiger partial charge on any atom is 0.238 e. The topological polar surface area (TPSA) is 41.1 Å². The molecule has 5 heteroatoms. The Morgan fingerprint density at radius 1 is 1.33 bits per heavy atom. The van der Waals surface area contributed by atoms with Crippen molar-refractivity contribution in [1.29, 1.82) is 0 Å². The number of thiophene rings is 1. The molecular formula is C16H19BrN2OS. The van der Waals surface area contributed by atoms with Crippen LogP contribution in [0.4, 0.5) is 5.69 Å². The molecule has 1 aromatic carbocycles. The molecule has 0 radical (unpaired) electrons. The van der Waals surface area contributed by atoms with E-state index in [1.807, 2.05) is 24.3 Å².